The molecule has 0 saturated heterocycles. The van der Waals surface area contributed by atoms with Gasteiger partial charge in [0.25, 0.3) is 0 Å². The van der Waals surface area contributed by atoms with E-state index < -0.39 is 23.3 Å². The van der Waals surface area contributed by atoms with Gasteiger partial charge in [-0.15, -0.1) is 0 Å². The molecule has 0 aromatic heterocycles. The molecule has 36 heavy (non-hydrogen) atoms. The van der Waals surface area contributed by atoms with E-state index in [9.17, 15) is 17.6 Å². The number of rotatable bonds is 9. The molecular weight excluding hydrogens is 468 g/mol. The maximum Gasteiger partial charge on any atom is 0.201 e. The molecule has 0 atom stereocenters. The summed E-state index contributed by atoms with van der Waals surface area (Å²) in [4.78, 5) is 0. The Morgan fingerprint density at radius 2 is 1.33 bits per heavy atom. The molecule has 1 aliphatic carbocycles. The summed E-state index contributed by atoms with van der Waals surface area (Å²) in [5.41, 5.74) is 1.71. The Balaban J connectivity index is 1.40. The molecule has 0 aliphatic heterocycles. The summed E-state index contributed by atoms with van der Waals surface area (Å²) in [7, 11) is 0. The summed E-state index contributed by atoms with van der Waals surface area (Å²) >= 11 is 0. The fourth-order valence-electron chi connectivity index (χ4n) is 5.11. The molecule has 0 N–H and O–H groups in total. The molecule has 0 bridgehead atoms. The molecule has 0 heterocycles. The predicted molar refractivity (Wildman–Crippen MR) is 133 cm³/mol. The third-order valence-electron chi connectivity index (χ3n) is 7.07. The van der Waals surface area contributed by atoms with Gasteiger partial charge in [0.05, 0.1) is 6.61 Å². The summed E-state index contributed by atoms with van der Waals surface area (Å²) in [6.07, 6.45) is 6.23. The maximum absolute atomic E-state index is 14.9. The average Bonchev–Trinajstić information content (AvgIpc) is 2.89. The molecule has 4 rings (SSSR count). The average molecular weight is 501 g/mol. The van der Waals surface area contributed by atoms with Gasteiger partial charge in [-0.05, 0) is 79.3 Å². The van der Waals surface area contributed by atoms with Gasteiger partial charge < -0.3 is 9.47 Å². The van der Waals surface area contributed by atoms with Crippen molar-refractivity contribution in [3.63, 3.8) is 0 Å². The second-order valence-electron chi connectivity index (χ2n) is 9.45. The standard InChI is InChI=1S/C30H32F4O2/c1-3-5-19-6-10-21(11-7-19)24-15-17-26(30(34)28(24)32)36-18-20-8-12-22(13-9-20)23-14-16-25(35-4-2)29(33)27(23)31/h8-9,12-17,19,21H,3-7,10-11,18H2,1-2H3. The van der Waals surface area contributed by atoms with Gasteiger partial charge in [0.15, 0.2) is 23.1 Å². The van der Waals surface area contributed by atoms with Crippen molar-refractivity contribution in [3.05, 3.63) is 82.9 Å². The highest BCUT2D eigenvalue weighted by atomic mass is 19.2. The number of ether oxygens (including phenoxy) is 2. The Morgan fingerprint density at radius 1 is 0.694 bits per heavy atom. The van der Waals surface area contributed by atoms with Crippen molar-refractivity contribution < 1.29 is 27.0 Å². The van der Waals surface area contributed by atoms with Crippen LogP contribution in [0.2, 0.25) is 0 Å². The highest BCUT2D eigenvalue weighted by Gasteiger charge is 2.26. The van der Waals surface area contributed by atoms with Gasteiger partial charge >= 0.3 is 0 Å². The normalized spacial score (nSPS) is 17.7. The van der Waals surface area contributed by atoms with Crippen LogP contribution < -0.4 is 9.47 Å². The largest absolute Gasteiger partial charge is 0.491 e. The van der Waals surface area contributed by atoms with Crippen molar-refractivity contribution in [2.24, 2.45) is 5.92 Å². The van der Waals surface area contributed by atoms with Crippen molar-refractivity contribution >= 4 is 0 Å². The van der Waals surface area contributed by atoms with E-state index in [1.54, 1.807) is 37.3 Å². The number of halogens is 4. The third-order valence-corrected chi connectivity index (χ3v) is 7.07. The van der Waals surface area contributed by atoms with Crippen LogP contribution in [-0.2, 0) is 6.61 Å². The zero-order valence-electron chi connectivity index (χ0n) is 20.8. The second-order valence-corrected chi connectivity index (χ2v) is 9.45. The first kappa shape index (κ1) is 26.1. The lowest BCUT2D eigenvalue weighted by Crippen LogP contribution is -2.15. The van der Waals surface area contributed by atoms with Crippen molar-refractivity contribution in [1.82, 2.24) is 0 Å². The smallest absolute Gasteiger partial charge is 0.201 e. The first-order chi connectivity index (χ1) is 17.4. The first-order valence-corrected chi connectivity index (χ1v) is 12.7. The lowest BCUT2D eigenvalue weighted by molar-refractivity contribution is 0.279. The van der Waals surface area contributed by atoms with Crippen LogP contribution in [0.25, 0.3) is 11.1 Å². The predicted octanol–water partition coefficient (Wildman–Crippen LogP) is 8.96. The molecule has 0 spiro atoms. The molecule has 1 fully saturated rings. The Hall–Kier alpha value is -3.02. The number of hydrogen-bond donors (Lipinski definition) is 0. The number of hydrogen-bond acceptors (Lipinski definition) is 2. The summed E-state index contributed by atoms with van der Waals surface area (Å²) in [6, 6.07) is 12.6. The zero-order valence-corrected chi connectivity index (χ0v) is 20.8. The minimum Gasteiger partial charge on any atom is -0.491 e. The quantitative estimate of drug-likeness (QED) is 0.273. The van der Waals surface area contributed by atoms with Gasteiger partial charge in [0.2, 0.25) is 11.6 Å². The van der Waals surface area contributed by atoms with Crippen LogP contribution in [0.5, 0.6) is 11.5 Å². The molecule has 2 nitrogen and oxygen atoms in total. The summed E-state index contributed by atoms with van der Waals surface area (Å²) in [5.74, 6) is -3.34. The molecule has 1 saturated carbocycles. The summed E-state index contributed by atoms with van der Waals surface area (Å²) in [5, 5.41) is 0. The molecule has 3 aromatic rings. The van der Waals surface area contributed by atoms with E-state index in [0.717, 1.165) is 32.1 Å². The molecule has 3 aromatic carbocycles. The molecule has 6 heteroatoms. The Morgan fingerprint density at radius 3 is 2.00 bits per heavy atom. The fourth-order valence-corrected chi connectivity index (χ4v) is 5.11. The van der Waals surface area contributed by atoms with Crippen molar-refractivity contribution in [3.8, 4) is 22.6 Å². The first-order valence-electron chi connectivity index (χ1n) is 12.7. The topological polar surface area (TPSA) is 18.5 Å². The van der Waals surface area contributed by atoms with Crippen molar-refractivity contribution in [2.45, 2.75) is 64.9 Å². The molecule has 0 radical (unpaired) electrons. The third kappa shape index (κ3) is 5.69. The number of benzene rings is 3. The highest BCUT2D eigenvalue weighted by Crippen LogP contribution is 2.40. The summed E-state index contributed by atoms with van der Waals surface area (Å²) < 4.78 is 69.0. The van der Waals surface area contributed by atoms with E-state index in [1.165, 1.54) is 24.6 Å². The van der Waals surface area contributed by atoms with Crippen LogP contribution in [0, 0.1) is 29.2 Å². The zero-order chi connectivity index (χ0) is 25.7. The van der Waals surface area contributed by atoms with E-state index in [2.05, 4.69) is 6.92 Å². The van der Waals surface area contributed by atoms with E-state index in [0.29, 0.717) is 22.6 Å². The molecule has 0 unspecified atom stereocenters. The van der Waals surface area contributed by atoms with Crippen LogP contribution in [0.1, 0.15) is 69.4 Å². The van der Waals surface area contributed by atoms with Crippen LogP contribution >= 0.6 is 0 Å². The second kappa shape index (κ2) is 11.8. The molecule has 192 valence electrons. The minimum atomic E-state index is -1.03. The van der Waals surface area contributed by atoms with E-state index in [-0.39, 0.29) is 36.2 Å². The minimum absolute atomic E-state index is 0.0121. The van der Waals surface area contributed by atoms with Crippen molar-refractivity contribution in [2.75, 3.05) is 6.61 Å². The van der Waals surface area contributed by atoms with Gasteiger partial charge in [-0.3, -0.25) is 0 Å². The molecular formula is C30H32F4O2. The van der Waals surface area contributed by atoms with Crippen LogP contribution in [-0.4, -0.2) is 6.61 Å². The van der Waals surface area contributed by atoms with Gasteiger partial charge in [-0.2, -0.15) is 8.78 Å². The van der Waals surface area contributed by atoms with Crippen LogP contribution in [0.4, 0.5) is 17.6 Å². The van der Waals surface area contributed by atoms with Crippen LogP contribution in [0.15, 0.2) is 48.5 Å². The van der Waals surface area contributed by atoms with Gasteiger partial charge in [0, 0.05) is 5.56 Å². The van der Waals surface area contributed by atoms with Crippen LogP contribution in [0.3, 0.4) is 0 Å². The molecule has 0 amide bonds. The summed E-state index contributed by atoms with van der Waals surface area (Å²) in [6.45, 7) is 4.12. The highest BCUT2D eigenvalue weighted by molar-refractivity contribution is 5.65. The van der Waals surface area contributed by atoms with Gasteiger partial charge in [-0.25, -0.2) is 8.78 Å². The van der Waals surface area contributed by atoms with E-state index >= 15 is 0 Å². The lowest BCUT2D eigenvalue weighted by atomic mass is 9.77. The van der Waals surface area contributed by atoms with E-state index in [1.807, 2.05) is 0 Å². The van der Waals surface area contributed by atoms with E-state index in [4.69, 9.17) is 9.47 Å². The van der Waals surface area contributed by atoms with Gasteiger partial charge in [-0.1, -0.05) is 50.1 Å². The maximum atomic E-state index is 14.9. The monoisotopic (exact) mass is 500 g/mol. The van der Waals surface area contributed by atoms with Gasteiger partial charge in [0.1, 0.15) is 6.61 Å². The Kier molecular flexibility index (Phi) is 8.55. The SMILES string of the molecule is CCCC1CCC(c2ccc(OCc3ccc(-c4ccc(OCC)c(F)c4F)cc3)c(F)c2F)CC1. The Bertz CT molecular complexity index is 1170. The lowest BCUT2D eigenvalue weighted by Gasteiger charge is -2.29. The Labute approximate surface area is 210 Å². The fraction of sp³-hybridized carbons (Fsp3) is 0.400. The van der Waals surface area contributed by atoms with Crippen molar-refractivity contribution in [1.29, 1.82) is 0 Å². The molecule has 1 aliphatic rings.